The first-order valence-electron chi connectivity index (χ1n) is 6.66. The molecule has 2 rings (SSSR count). The average Bonchev–Trinajstić information content (AvgIpc) is 2.63. The molecule has 0 saturated carbocycles. The van der Waals surface area contributed by atoms with Gasteiger partial charge in [0.15, 0.2) is 0 Å². The van der Waals surface area contributed by atoms with Crippen molar-refractivity contribution in [1.29, 1.82) is 0 Å². The molecule has 0 radical (unpaired) electrons. The highest BCUT2D eigenvalue weighted by Crippen LogP contribution is 2.22. The topological polar surface area (TPSA) is 52.9 Å². The van der Waals surface area contributed by atoms with Crippen molar-refractivity contribution in [2.45, 2.75) is 40.2 Å². The summed E-state index contributed by atoms with van der Waals surface area (Å²) >= 11 is 0. The van der Waals surface area contributed by atoms with Gasteiger partial charge in [0.25, 0.3) is 5.56 Å². The molecular weight excluding hydrogens is 238 g/mol. The third-order valence-corrected chi connectivity index (χ3v) is 3.41. The van der Waals surface area contributed by atoms with Crippen LogP contribution < -0.4 is 11.3 Å². The van der Waals surface area contributed by atoms with Crippen LogP contribution in [0.4, 0.5) is 5.69 Å². The minimum absolute atomic E-state index is 0.125. The normalized spacial score (nSPS) is 11.2. The highest BCUT2D eigenvalue weighted by atomic mass is 16.1. The number of nitrogens with zero attached hydrogens (tertiary/aromatic N) is 2. The van der Waals surface area contributed by atoms with Gasteiger partial charge in [0.05, 0.1) is 11.4 Å². The number of hydrogen-bond donors (Lipinski definition) is 1. The maximum atomic E-state index is 12.4. The van der Waals surface area contributed by atoms with E-state index in [2.05, 4.69) is 13.8 Å². The zero-order valence-corrected chi connectivity index (χ0v) is 12.0. The Balaban J connectivity index is 2.82. The van der Waals surface area contributed by atoms with Crippen LogP contribution in [0.25, 0.3) is 5.69 Å². The fourth-order valence-electron chi connectivity index (χ4n) is 2.54. The van der Waals surface area contributed by atoms with Crippen LogP contribution >= 0.6 is 0 Å². The van der Waals surface area contributed by atoms with E-state index < -0.39 is 0 Å². The van der Waals surface area contributed by atoms with Gasteiger partial charge in [0, 0.05) is 6.54 Å². The molecule has 0 atom stereocenters. The molecule has 0 fully saturated rings. The predicted octanol–water partition coefficient (Wildman–Crippen LogP) is 2.67. The smallest absolute Gasteiger partial charge is 0.294 e. The molecule has 102 valence electrons. The van der Waals surface area contributed by atoms with Gasteiger partial charge in [-0.1, -0.05) is 32.0 Å². The van der Waals surface area contributed by atoms with Crippen LogP contribution in [-0.2, 0) is 6.54 Å². The molecule has 0 saturated heterocycles. The van der Waals surface area contributed by atoms with Gasteiger partial charge in [-0.3, -0.25) is 9.48 Å². The van der Waals surface area contributed by atoms with Crippen LogP contribution in [0, 0.1) is 6.92 Å². The van der Waals surface area contributed by atoms with Crippen molar-refractivity contribution in [2.24, 2.45) is 0 Å². The SMILES string of the molecule is CCn1c(C(C)C)c(N)c(=O)n1-c1ccccc1C. The van der Waals surface area contributed by atoms with Gasteiger partial charge in [-0.15, -0.1) is 0 Å². The Bertz CT molecular complexity index is 650. The number of nitrogen functional groups attached to an aromatic ring is 1. The second-order valence-electron chi connectivity index (χ2n) is 5.07. The zero-order valence-electron chi connectivity index (χ0n) is 12.0. The van der Waals surface area contributed by atoms with Gasteiger partial charge in [0.2, 0.25) is 0 Å². The lowest BCUT2D eigenvalue weighted by Crippen LogP contribution is -2.22. The van der Waals surface area contributed by atoms with Crippen LogP contribution in [-0.4, -0.2) is 9.36 Å². The summed E-state index contributed by atoms with van der Waals surface area (Å²) in [6, 6.07) is 7.86. The molecule has 0 amide bonds. The van der Waals surface area contributed by atoms with Crippen LogP contribution in [0.5, 0.6) is 0 Å². The Morgan fingerprint density at radius 3 is 2.42 bits per heavy atom. The number of nitrogens with two attached hydrogens (primary N) is 1. The highest BCUT2D eigenvalue weighted by molar-refractivity contribution is 5.48. The highest BCUT2D eigenvalue weighted by Gasteiger charge is 2.20. The van der Waals surface area contributed by atoms with Gasteiger partial charge < -0.3 is 5.73 Å². The number of rotatable bonds is 3. The average molecular weight is 259 g/mol. The molecular formula is C15H21N3O. The van der Waals surface area contributed by atoms with Crippen molar-refractivity contribution in [1.82, 2.24) is 9.36 Å². The molecule has 2 N–H and O–H groups in total. The Labute approximate surface area is 113 Å². The van der Waals surface area contributed by atoms with E-state index in [-0.39, 0.29) is 11.5 Å². The van der Waals surface area contributed by atoms with Crippen molar-refractivity contribution < 1.29 is 0 Å². The summed E-state index contributed by atoms with van der Waals surface area (Å²) in [5.74, 6) is 0.220. The second kappa shape index (κ2) is 4.96. The van der Waals surface area contributed by atoms with E-state index in [4.69, 9.17) is 5.73 Å². The van der Waals surface area contributed by atoms with Gasteiger partial charge in [-0.05, 0) is 31.4 Å². The Hall–Kier alpha value is -1.97. The van der Waals surface area contributed by atoms with Gasteiger partial charge in [0.1, 0.15) is 5.69 Å². The number of hydrogen-bond acceptors (Lipinski definition) is 2. The van der Waals surface area contributed by atoms with Crippen molar-refractivity contribution >= 4 is 5.69 Å². The first kappa shape index (κ1) is 13.5. The summed E-state index contributed by atoms with van der Waals surface area (Å²) in [7, 11) is 0. The van der Waals surface area contributed by atoms with E-state index in [1.165, 1.54) is 0 Å². The van der Waals surface area contributed by atoms with Gasteiger partial charge in [-0.2, -0.15) is 0 Å². The molecule has 2 aromatic rings. The van der Waals surface area contributed by atoms with Crippen molar-refractivity contribution in [3.8, 4) is 5.69 Å². The molecule has 0 spiro atoms. The van der Waals surface area contributed by atoms with E-state index in [1.807, 2.05) is 42.8 Å². The molecule has 0 aliphatic carbocycles. The number of anilines is 1. The summed E-state index contributed by atoms with van der Waals surface area (Å²) in [6.45, 7) is 8.85. The summed E-state index contributed by atoms with van der Waals surface area (Å²) in [5, 5.41) is 0. The molecule has 0 aliphatic rings. The molecule has 1 aromatic carbocycles. The van der Waals surface area contributed by atoms with E-state index in [0.29, 0.717) is 12.2 Å². The third-order valence-electron chi connectivity index (χ3n) is 3.41. The maximum absolute atomic E-state index is 12.4. The first-order valence-corrected chi connectivity index (χ1v) is 6.66. The quantitative estimate of drug-likeness (QED) is 0.921. The Morgan fingerprint density at radius 1 is 1.26 bits per heavy atom. The lowest BCUT2D eigenvalue weighted by atomic mass is 10.1. The Kier molecular flexibility index (Phi) is 3.51. The van der Waals surface area contributed by atoms with Crippen LogP contribution in [0.3, 0.4) is 0 Å². The van der Waals surface area contributed by atoms with Gasteiger partial charge >= 0.3 is 0 Å². The number of para-hydroxylation sites is 1. The minimum Gasteiger partial charge on any atom is -0.393 e. The standard InChI is InChI=1S/C15H21N3O/c1-5-17-14(10(2)3)13(16)15(19)18(17)12-9-7-6-8-11(12)4/h6-10H,5,16H2,1-4H3. The Morgan fingerprint density at radius 2 is 1.89 bits per heavy atom. The molecule has 0 aliphatic heterocycles. The molecule has 0 bridgehead atoms. The number of aromatic nitrogens is 2. The van der Waals surface area contributed by atoms with E-state index >= 15 is 0 Å². The van der Waals surface area contributed by atoms with E-state index in [1.54, 1.807) is 4.68 Å². The molecule has 1 heterocycles. The van der Waals surface area contributed by atoms with Crippen LogP contribution in [0.1, 0.15) is 37.9 Å². The summed E-state index contributed by atoms with van der Waals surface area (Å²) in [4.78, 5) is 12.4. The predicted molar refractivity (Wildman–Crippen MR) is 78.9 cm³/mol. The van der Waals surface area contributed by atoms with E-state index in [0.717, 1.165) is 16.9 Å². The minimum atomic E-state index is -0.125. The fourth-order valence-corrected chi connectivity index (χ4v) is 2.54. The molecule has 0 unspecified atom stereocenters. The fraction of sp³-hybridized carbons (Fsp3) is 0.400. The van der Waals surface area contributed by atoms with E-state index in [9.17, 15) is 4.79 Å². The van der Waals surface area contributed by atoms with Crippen molar-refractivity contribution in [3.05, 3.63) is 45.9 Å². The summed E-state index contributed by atoms with van der Waals surface area (Å²) in [5.41, 5.74) is 9.12. The van der Waals surface area contributed by atoms with Crippen LogP contribution in [0.2, 0.25) is 0 Å². The molecule has 4 heteroatoms. The number of benzene rings is 1. The molecule has 19 heavy (non-hydrogen) atoms. The largest absolute Gasteiger partial charge is 0.393 e. The van der Waals surface area contributed by atoms with Gasteiger partial charge in [-0.25, -0.2) is 4.68 Å². The second-order valence-corrected chi connectivity index (χ2v) is 5.07. The van der Waals surface area contributed by atoms with Crippen molar-refractivity contribution in [3.63, 3.8) is 0 Å². The van der Waals surface area contributed by atoms with Crippen molar-refractivity contribution in [2.75, 3.05) is 5.73 Å². The van der Waals surface area contributed by atoms with Crippen LogP contribution in [0.15, 0.2) is 29.1 Å². The third kappa shape index (κ3) is 2.07. The zero-order chi connectivity index (χ0) is 14.2. The lowest BCUT2D eigenvalue weighted by Gasteiger charge is -2.16. The molecule has 1 aromatic heterocycles. The lowest BCUT2D eigenvalue weighted by molar-refractivity contribution is 0.533. The molecule has 4 nitrogen and oxygen atoms in total. The summed E-state index contributed by atoms with van der Waals surface area (Å²) < 4.78 is 3.67. The monoisotopic (exact) mass is 259 g/mol. The first-order chi connectivity index (χ1) is 8.99. The number of aryl methyl sites for hydroxylation is 1. The summed E-state index contributed by atoms with van der Waals surface area (Å²) in [6.07, 6.45) is 0. The maximum Gasteiger partial charge on any atom is 0.294 e.